The number of benzene rings is 1. The first-order chi connectivity index (χ1) is 15.4. The van der Waals surface area contributed by atoms with Crippen molar-refractivity contribution in [1.29, 1.82) is 0 Å². The molecule has 4 rings (SSSR count). The minimum Gasteiger partial charge on any atom is -0.483 e. The molecule has 1 saturated carbocycles. The Morgan fingerprint density at radius 3 is 2.58 bits per heavy atom. The molecule has 33 heavy (non-hydrogen) atoms. The lowest BCUT2D eigenvalue weighted by atomic mass is 9.89. The predicted octanol–water partition coefficient (Wildman–Crippen LogP) is 3.64. The molecule has 13 heteroatoms. The molecule has 0 radical (unpaired) electrons. The monoisotopic (exact) mass is 485 g/mol. The minimum absolute atomic E-state index is 0.148. The molecule has 8 nitrogen and oxygen atoms in total. The third kappa shape index (κ3) is 4.49. The Morgan fingerprint density at radius 2 is 1.94 bits per heavy atom. The van der Waals surface area contributed by atoms with Crippen molar-refractivity contribution >= 4 is 15.8 Å². The van der Waals surface area contributed by atoms with Gasteiger partial charge in [0.1, 0.15) is 28.5 Å². The van der Waals surface area contributed by atoms with Crippen LogP contribution < -0.4 is 9.46 Å². The van der Waals surface area contributed by atoms with Crippen molar-refractivity contribution in [3.63, 3.8) is 0 Å². The van der Waals surface area contributed by atoms with Gasteiger partial charge in [0.15, 0.2) is 11.6 Å². The zero-order valence-electron chi connectivity index (χ0n) is 17.5. The number of hydrogen-bond acceptors (Lipinski definition) is 6. The summed E-state index contributed by atoms with van der Waals surface area (Å²) in [7, 11) is -2.96. The molecule has 0 amide bonds. The molecule has 2 atom stereocenters. The van der Waals surface area contributed by atoms with E-state index in [0.717, 1.165) is 6.33 Å². The molecule has 2 heterocycles. The normalized spacial score (nSPS) is 22.3. The second-order valence-electron chi connectivity index (χ2n) is 8.00. The van der Waals surface area contributed by atoms with Crippen molar-refractivity contribution in [2.24, 2.45) is 7.05 Å². The number of sulfonamides is 1. The number of anilines is 1. The Labute approximate surface area is 186 Å². The van der Waals surface area contributed by atoms with Gasteiger partial charge in [-0.05, 0) is 19.1 Å². The van der Waals surface area contributed by atoms with Gasteiger partial charge in [-0.15, -0.1) is 0 Å². The summed E-state index contributed by atoms with van der Waals surface area (Å²) in [6.07, 6.45) is 2.46. The number of hydrogen-bond donors (Lipinski definition) is 1. The SMILES string of the molecule is Cn1nccc1[C@H]1CC(F)(F)C[C@@]1(C)Oc1cc(F)c(S(=O)(=O)Nc2ccncn2)cc1F. The van der Waals surface area contributed by atoms with Crippen LogP contribution in [-0.2, 0) is 17.1 Å². The quantitative estimate of drug-likeness (QED) is 0.536. The Bertz CT molecular complexity index is 1290. The van der Waals surface area contributed by atoms with Gasteiger partial charge in [-0.2, -0.15) is 5.10 Å². The maximum Gasteiger partial charge on any atom is 0.266 e. The van der Waals surface area contributed by atoms with Crippen LogP contribution in [0.4, 0.5) is 23.4 Å². The molecule has 1 aliphatic carbocycles. The first-order valence-corrected chi connectivity index (χ1v) is 11.2. The van der Waals surface area contributed by atoms with E-state index in [2.05, 4.69) is 15.1 Å². The van der Waals surface area contributed by atoms with E-state index < -0.39 is 62.6 Å². The standard InChI is InChI=1S/C20H19F4N5O3S/c1-19(10-20(23,24)9-12(19)15-3-6-27-29(15)2)32-16-7-14(22)17(8-13(16)21)33(30,31)28-18-4-5-25-11-26-18/h3-8,11-12H,9-10H2,1-2H3,(H,25,26,28)/t12-,19-/m1/s1. The van der Waals surface area contributed by atoms with Crippen LogP contribution in [0, 0.1) is 11.6 Å². The van der Waals surface area contributed by atoms with Gasteiger partial charge in [0.25, 0.3) is 15.9 Å². The van der Waals surface area contributed by atoms with E-state index in [1.54, 1.807) is 13.1 Å². The summed E-state index contributed by atoms with van der Waals surface area (Å²) in [5.41, 5.74) is -1.16. The summed E-state index contributed by atoms with van der Waals surface area (Å²) in [4.78, 5) is 6.31. The summed E-state index contributed by atoms with van der Waals surface area (Å²) in [5.74, 6) is -7.35. The molecule has 1 fully saturated rings. The van der Waals surface area contributed by atoms with E-state index >= 15 is 0 Å². The lowest BCUT2D eigenvalue weighted by Gasteiger charge is -2.32. The second kappa shape index (κ2) is 7.97. The smallest absolute Gasteiger partial charge is 0.266 e. The first-order valence-electron chi connectivity index (χ1n) is 9.73. The highest BCUT2D eigenvalue weighted by Crippen LogP contribution is 2.52. The van der Waals surface area contributed by atoms with E-state index in [4.69, 9.17) is 4.74 Å². The van der Waals surface area contributed by atoms with Crippen LogP contribution in [-0.4, -0.2) is 39.7 Å². The van der Waals surface area contributed by atoms with Gasteiger partial charge in [0.05, 0.1) is 6.42 Å². The molecular weight excluding hydrogens is 466 g/mol. The van der Waals surface area contributed by atoms with Gasteiger partial charge in [0.2, 0.25) is 0 Å². The highest BCUT2D eigenvalue weighted by molar-refractivity contribution is 7.92. The van der Waals surface area contributed by atoms with Gasteiger partial charge < -0.3 is 4.74 Å². The highest BCUT2D eigenvalue weighted by atomic mass is 32.2. The summed E-state index contributed by atoms with van der Waals surface area (Å²) >= 11 is 0. The molecular formula is C20H19F4N5O3S. The fourth-order valence-corrected chi connectivity index (χ4v) is 5.14. The van der Waals surface area contributed by atoms with Crippen molar-refractivity contribution < 1.29 is 30.7 Å². The van der Waals surface area contributed by atoms with Crippen molar-refractivity contribution in [1.82, 2.24) is 19.7 Å². The van der Waals surface area contributed by atoms with Gasteiger partial charge in [-0.3, -0.25) is 9.40 Å². The first kappa shape index (κ1) is 23.0. The molecule has 1 aromatic carbocycles. The van der Waals surface area contributed by atoms with Crippen LogP contribution in [0.3, 0.4) is 0 Å². The summed E-state index contributed by atoms with van der Waals surface area (Å²) in [6.45, 7) is 1.38. The van der Waals surface area contributed by atoms with Gasteiger partial charge in [-0.25, -0.2) is 35.9 Å². The van der Waals surface area contributed by atoms with Crippen molar-refractivity contribution in [2.45, 2.75) is 42.1 Å². The number of aromatic nitrogens is 4. The molecule has 3 aromatic rings. The molecule has 0 aliphatic heterocycles. The van der Waals surface area contributed by atoms with E-state index in [-0.39, 0.29) is 5.82 Å². The van der Waals surface area contributed by atoms with Gasteiger partial charge in [0, 0.05) is 49.6 Å². The van der Waals surface area contributed by atoms with E-state index in [0.29, 0.717) is 17.8 Å². The molecule has 176 valence electrons. The number of alkyl halides is 2. The van der Waals surface area contributed by atoms with Crippen LogP contribution in [0.15, 0.2) is 47.9 Å². The van der Waals surface area contributed by atoms with Crippen LogP contribution in [0.25, 0.3) is 0 Å². The molecule has 0 saturated heterocycles. The lowest BCUT2D eigenvalue weighted by molar-refractivity contribution is -0.0197. The van der Waals surface area contributed by atoms with Crippen LogP contribution in [0.2, 0.25) is 0 Å². The third-order valence-electron chi connectivity index (χ3n) is 5.51. The molecule has 1 N–H and O–H groups in total. The molecule has 0 spiro atoms. The minimum atomic E-state index is -4.54. The molecule has 0 unspecified atom stereocenters. The van der Waals surface area contributed by atoms with Crippen molar-refractivity contribution in [2.75, 3.05) is 4.72 Å². The van der Waals surface area contributed by atoms with Gasteiger partial charge in [-0.1, -0.05) is 0 Å². The van der Waals surface area contributed by atoms with Crippen LogP contribution >= 0.6 is 0 Å². The lowest BCUT2D eigenvalue weighted by Crippen LogP contribution is -2.37. The third-order valence-corrected chi connectivity index (χ3v) is 6.88. The zero-order valence-corrected chi connectivity index (χ0v) is 18.3. The number of ether oxygens (including phenoxy) is 1. The average Bonchev–Trinajstić information content (AvgIpc) is 3.23. The average molecular weight is 485 g/mol. The molecule has 1 aliphatic rings. The number of aryl methyl sites for hydroxylation is 1. The number of nitrogens with zero attached hydrogens (tertiary/aromatic N) is 4. The fraction of sp³-hybridized carbons (Fsp3) is 0.350. The maximum absolute atomic E-state index is 14.8. The van der Waals surface area contributed by atoms with Gasteiger partial charge >= 0.3 is 0 Å². The second-order valence-corrected chi connectivity index (χ2v) is 9.65. The zero-order chi connectivity index (χ0) is 24.0. The summed E-state index contributed by atoms with van der Waals surface area (Å²) in [5, 5.41) is 3.99. The van der Waals surface area contributed by atoms with E-state index in [1.165, 1.54) is 30.1 Å². The molecule has 2 aromatic heterocycles. The van der Waals surface area contributed by atoms with Crippen LogP contribution in [0.5, 0.6) is 5.75 Å². The summed E-state index contributed by atoms with van der Waals surface area (Å²) < 4.78 is 92.3. The number of nitrogens with one attached hydrogen (secondary N) is 1. The fourth-order valence-electron chi connectivity index (χ4n) is 4.06. The Morgan fingerprint density at radius 1 is 1.18 bits per heavy atom. The van der Waals surface area contributed by atoms with E-state index in [1.807, 2.05) is 4.72 Å². The Balaban J connectivity index is 1.66. The van der Waals surface area contributed by atoms with Crippen molar-refractivity contribution in [3.05, 3.63) is 60.3 Å². The predicted molar refractivity (Wildman–Crippen MR) is 108 cm³/mol. The maximum atomic E-state index is 14.8. The largest absolute Gasteiger partial charge is 0.483 e. The highest BCUT2D eigenvalue weighted by Gasteiger charge is 2.57. The van der Waals surface area contributed by atoms with Crippen molar-refractivity contribution in [3.8, 4) is 5.75 Å². The summed E-state index contributed by atoms with van der Waals surface area (Å²) in [6, 6.07) is 3.75. The van der Waals surface area contributed by atoms with E-state index in [9.17, 15) is 26.0 Å². The van der Waals surface area contributed by atoms with Crippen LogP contribution in [0.1, 0.15) is 31.4 Å². The number of rotatable bonds is 6. The Hall–Kier alpha value is -3.22. The Kier molecular flexibility index (Phi) is 5.55. The topological polar surface area (TPSA) is 99.0 Å². The number of halogens is 4. The molecule has 0 bridgehead atoms.